The van der Waals surface area contributed by atoms with Crippen molar-refractivity contribution in [3.05, 3.63) is 30.3 Å². The van der Waals surface area contributed by atoms with Gasteiger partial charge in [-0.15, -0.1) is 0 Å². The molecule has 1 aromatic carbocycles. The van der Waals surface area contributed by atoms with Crippen molar-refractivity contribution < 1.29 is 8.85 Å². The van der Waals surface area contributed by atoms with Crippen molar-refractivity contribution in [2.24, 2.45) is 0 Å². The molecule has 1 heterocycles. The summed E-state index contributed by atoms with van der Waals surface area (Å²) in [5.41, 5.74) is 0. The molecule has 0 bridgehead atoms. The third-order valence-electron chi connectivity index (χ3n) is 3.30. The van der Waals surface area contributed by atoms with Gasteiger partial charge in [0, 0.05) is 26.3 Å². The Labute approximate surface area is 105 Å². The summed E-state index contributed by atoms with van der Waals surface area (Å²) in [5.74, 6) is 0. The van der Waals surface area contributed by atoms with E-state index >= 15 is 0 Å². The Morgan fingerprint density at radius 2 is 1.71 bits per heavy atom. The van der Waals surface area contributed by atoms with Gasteiger partial charge in [-0.25, -0.2) is 0 Å². The van der Waals surface area contributed by atoms with Gasteiger partial charge in [0.15, 0.2) is 0 Å². The van der Waals surface area contributed by atoms with E-state index in [9.17, 15) is 0 Å². The van der Waals surface area contributed by atoms with Gasteiger partial charge >= 0.3 is 8.56 Å². The van der Waals surface area contributed by atoms with Crippen molar-refractivity contribution in [3.8, 4) is 0 Å². The molecular formula is C13H21NO2Si. The van der Waals surface area contributed by atoms with Crippen molar-refractivity contribution in [1.82, 2.24) is 4.90 Å². The van der Waals surface area contributed by atoms with Gasteiger partial charge in [0.2, 0.25) is 0 Å². The second-order valence-electron chi connectivity index (χ2n) is 4.47. The molecule has 1 fully saturated rings. The van der Waals surface area contributed by atoms with Crippen molar-refractivity contribution in [2.75, 3.05) is 33.4 Å². The average molecular weight is 251 g/mol. The number of rotatable bonds is 2. The monoisotopic (exact) mass is 251 g/mol. The quantitative estimate of drug-likeness (QED) is 0.740. The first-order valence-corrected chi connectivity index (χ1v) is 8.31. The van der Waals surface area contributed by atoms with Crippen LogP contribution >= 0.6 is 0 Å². The maximum Gasteiger partial charge on any atom is 0.372 e. The highest BCUT2D eigenvalue weighted by atomic mass is 28.4. The smallest absolute Gasteiger partial charge is 0.372 e. The Morgan fingerprint density at radius 3 is 2.24 bits per heavy atom. The lowest BCUT2D eigenvalue weighted by Crippen LogP contribution is -2.56. The molecule has 1 aliphatic heterocycles. The lowest BCUT2D eigenvalue weighted by Gasteiger charge is -2.34. The first kappa shape index (κ1) is 12.8. The fourth-order valence-electron chi connectivity index (χ4n) is 2.15. The molecule has 0 saturated carbocycles. The molecule has 17 heavy (non-hydrogen) atoms. The molecular weight excluding hydrogens is 230 g/mol. The van der Waals surface area contributed by atoms with Crippen LogP contribution in [-0.4, -0.2) is 46.8 Å². The molecule has 3 nitrogen and oxygen atoms in total. The van der Waals surface area contributed by atoms with E-state index in [0.717, 1.165) is 32.3 Å². The van der Waals surface area contributed by atoms with E-state index in [4.69, 9.17) is 8.85 Å². The number of nitrogens with zero attached hydrogens (tertiary/aromatic N) is 1. The minimum Gasteiger partial charge on any atom is -0.390 e. The van der Waals surface area contributed by atoms with Gasteiger partial charge < -0.3 is 13.8 Å². The Balaban J connectivity index is 2.18. The summed E-state index contributed by atoms with van der Waals surface area (Å²) in [6.45, 7) is 5.69. The van der Waals surface area contributed by atoms with Crippen LogP contribution in [0.4, 0.5) is 0 Å². The van der Waals surface area contributed by atoms with Crippen LogP contribution in [0.1, 0.15) is 6.92 Å². The summed E-state index contributed by atoms with van der Waals surface area (Å²) in [4.78, 5) is 2.25. The molecule has 0 atom stereocenters. The minimum absolute atomic E-state index is 0.769. The summed E-state index contributed by atoms with van der Waals surface area (Å²) in [6.07, 6.45) is 0. The van der Waals surface area contributed by atoms with Gasteiger partial charge in [-0.1, -0.05) is 37.3 Å². The van der Waals surface area contributed by atoms with Gasteiger partial charge in [-0.05, 0) is 18.3 Å². The van der Waals surface area contributed by atoms with Crippen LogP contribution < -0.4 is 5.19 Å². The highest BCUT2D eigenvalue weighted by Crippen LogP contribution is 2.15. The van der Waals surface area contributed by atoms with Crippen LogP contribution in [0.25, 0.3) is 0 Å². The molecule has 4 heteroatoms. The lowest BCUT2D eigenvalue weighted by molar-refractivity contribution is 0.114. The lowest BCUT2D eigenvalue weighted by atomic mass is 10.4. The molecule has 0 amide bonds. The second-order valence-corrected chi connectivity index (χ2v) is 7.84. The van der Waals surface area contributed by atoms with Crippen LogP contribution in [0.3, 0.4) is 0 Å². The van der Waals surface area contributed by atoms with Crippen molar-refractivity contribution >= 4 is 13.7 Å². The molecule has 94 valence electrons. The summed E-state index contributed by atoms with van der Waals surface area (Å²) in [7, 11) is -0.0647. The van der Waals surface area contributed by atoms with Crippen molar-refractivity contribution in [1.29, 1.82) is 0 Å². The van der Waals surface area contributed by atoms with Gasteiger partial charge in [0.25, 0.3) is 0 Å². The third-order valence-corrected chi connectivity index (χ3v) is 6.78. The summed E-state index contributed by atoms with van der Waals surface area (Å²) in [5, 5.41) is 1.26. The number of likely N-dealkylation sites (N-methyl/N-ethyl adjacent to an activating group) is 1. The maximum absolute atomic E-state index is 6.15. The highest BCUT2D eigenvalue weighted by Gasteiger charge is 2.38. The SMILES string of the molecule is CC[Si]1(c2ccccc2)OCCN(C)CCO1. The van der Waals surface area contributed by atoms with E-state index < -0.39 is 8.56 Å². The topological polar surface area (TPSA) is 21.7 Å². The van der Waals surface area contributed by atoms with Crippen LogP contribution in [0.2, 0.25) is 6.04 Å². The number of benzene rings is 1. The summed E-state index contributed by atoms with van der Waals surface area (Å²) < 4.78 is 12.3. The largest absolute Gasteiger partial charge is 0.390 e. The Hall–Kier alpha value is -0.683. The van der Waals surface area contributed by atoms with Gasteiger partial charge in [0.1, 0.15) is 0 Å². The van der Waals surface area contributed by atoms with E-state index in [0.29, 0.717) is 0 Å². The predicted molar refractivity (Wildman–Crippen MR) is 71.7 cm³/mol. The molecule has 0 unspecified atom stereocenters. The van der Waals surface area contributed by atoms with E-state index in [1.165, 1.54) is 5.19 Å². The zero-order valence-electron chi connectivity index (χ0n) is 10.7. The van der Waals surface area contributed by atoms with Gasteiger partial charge in [-0.2, -0.15) is 0 Å². The zero-order chi connectivity index (χ0) is 12.1. The average Bonchev–Trinajstić information content (AvgIpc) is 2.35. The first-order chi connectivity index (χ1) is 8.27. The molecule has 0 aromatic heterocycles. The highest BCUT2D eigenvalue weighted by molar-refractivity contribution is 6.81. The molecule has 1 saturated heterocycles. The fourth-order valence-corrected chi connectivity index (χ4v) is 4.93. The van der Waals surface area contributed by atoms with E-state index in [1.807, 2.05) is 6.07 Å². The molecule has 1 aromatic rings. The second kappa shape index (κ2) is 5.77. The first-order valence-electron chi connectivity index (χ1n) is 6.29. The predicted octanol–water partition coefficient (Wildman–Crippen LogP) is 1.33. The number of hydrogen-bond donors (Lipinski definition) is 0. The van der Waals surface area contributed by atoms with E-state index in [2.05, 4.69) is 43.1 Å². The Kier molecular flexibility index (Phi) is 4.34. The summed E-state index contributed by atoms with van der Waals surface area (Å²) in [6, 6.07) is 11.4. The zero-order valence-corrected chi connectivity index (χ0v) is 11.7. The van der Waals surface area contributed by atoms with Crippen molar-refractivity contribution in [3.63, 3.8) is 0 Å². The normalized spacial score (nSPS) is 21.8. The third kappa shape index (κ3) is 2.96. The molecule has 0 aliphatic carbocycles. The maximum atomic E-state index is 6.15. The van der Waals surface area contributed by atoms with Crippen LogP contribution in [0.15, 0.2) is 30.3 Å². The Morgan fingerprint density at radius 1 is 1.12 bits per heavy atom. The minimum atomic E-state index is -2.17. The Bertz CT molecular complexity index is 335. The van der Waals surface area contributed by atoms with E-state index in [-0.39, 0.29) is 0 Å². The van der Waals surface area contributed by atoms with Crippen LogP contribution in [0, 0.1) is 0 Å². The van der Waals surface area contributed by atoms with Crippen LogP contribution in [0.5, 0.6) is 0 Å². The molecule has 2 rings (SSSR count). The van der Waals surface area contributed by atoms with E-state index in [1.54, 1.807) is 0 Å². The molecule has 0 radical (unpaired) electrons. The standard InChI is InChI=1S/C13H21NO2Si/c1-3-17(13-7-5-4-6-8-13)15-11-9-14(2)10-12-16-17/h4-8H,3,9-12H2,1-2H3. The molecule has 0 N–H and O–H groups in total. The summed E-state index contributed by atoms with van der Waals surface area (Å²) >= 11 is 0. The number of hydrogen-bond acceptors (Lipinski definition) is 3. The molecule has 0 spiro atoms. The van der Waals surface area contributed by atoms with Gasteiger partial charge in [-0.3, -0.25) is 0 Å². The molecule has 1 aliphatic rings. The fraction of sp³-hybridized carbons (Fsp3) is 0.538. The van der Waals surface area contributed by atoms with Crippen molar-refractivity contribution in [2.45, 2.75) is 13.0 Å². The van der Waals surface area contributed by atoms with Gasteiger partial charge in [0.05, 0.1) is 0 Å². The van der Waals surface area contributed by atoms with Crippen LogP contribution in [-0.2, 0) is 8.85 Å².